The fourth-order valence-corrected chi connectivity index (χ4v) is 2.53. The summed E-state index contributed by atoms with van der Waals surface area (Å²) in [7, 11) is 0. The smallest absolute Gasteiger partial charge is 0.227 e. The van der Waals surface area contributed by atoms with E-state index in [1.165, 1.54) is 11.8 Å². The second-order valence-corrected chi connectivity index (χ2v) is 5.77. The number of halogens is 1. The van der Waals surface area contributed by atoms with Gasteiger partial charge in [0.25, 0.3) is 0 Å². The molecule has 0 saturated heterocycles. The molecule has 3 aromatic rings. The molecule has 2 aromatic carbocycles. The minimum Gasteiger partial charge on any atom is -0.436 e. The van der Waals surface area contributed by atoms with E-state index in [9.17, 15) is 0 Å². The maximum absolute atomic E-state index is 8.69. The number of thioether (sulfide) groups is 1. The standard InChI is InChI=1S/C16H11ClN4OS/c1-23-16(19-9-18)20-12-4-2-3-10(7-12)15-21-13-6-5-11(17)8-14(13)22-15/h2-8H,1H3,(H,19,20). The number of fused-ring (bicyclic) bond motifs is 1. The normalized spacial score (nSPS) is 11.4. The van der Waals surface area contributed by atoms with Crippen molar-refractivity contribution in [2.75, 3.05) is 6.26 Å². The van der Waals surface area contributed by atoms with Crippen LogP contribution in [0.1, 0.15) is 0 Å². The third kappa shape index (κ3) is 3.47. The van der Waals surface area contributed by atoms with Gasteiger partial charge in [-0.15, -0.1) is 0 Å². The Morgan fingerprint density at radius 1 is 1.35 bits per heavy atom. The zero-order valence-corrected chi connectivity index (χ0v) is 13.6. The molecule has 5 nitrogen and oxygen atoms in total. The SMILES string of the molecule is CSC(=Nc1cccc(-c2nc3ccc(Cl)cc3o2)c1)NC#N. The first-order valence-corrected chi connectivity index (χ1v) is 8.24. The van der Waals surface area contributed by atoms with Crippen LogP contribution in [0.4, 0.5) is 5.69 Å². The lowest BCUT2D eigenvalue weighted by atomic mass is 10.2. The van der Waals surface area contributed by atoms with Crippen LogP contribution in [0, 0.1) is 11.5 Å². The molecule has 0 atom stereocenters. The van der Waals surface area contributed by atoms with Crippen LogP contribution in [0.25, 0.3) is 22.6 Å². The highest BCUT2D eigenvalue weighted by Crippen LogP contribution is 2.28. The van der Waals surface area contributed by atoms with E-state index in [1.54, 1.807) is 12.1 Å². The molecule has 0 saturated carbocycles. The number of hydrogen-bond acceptors (Lipinski definition) is 5. The van der Waals surface area contributed by atoms with Crippen molar-refractivity contribution in [1.29, 1.82) is 5.26 Å². The summed E-state index contributed by atoms with van der Waals surface area (Å²) in [4.78, 5) is 8.83. The summed E-state index contributed by atoms with van der Waals surface area (Å²) in [6.45, 7) is 0. The predicted octanol–water partition coefficient (Wildman–Crippen LogP) is 4.57. The van der Waals surface area contributed by atoms with E-state index in [0.717, 1.165) is 11.1 Å². The van der Waals surface area contributed by atoms with Gasteiger partial charge in [0.2, 0.25) is 5.89 Å². The van der Waals surface area contributed by atoms with Gasteiger partial charge in [-0.1, -0.05) is 29.4 Å². The molecule has 3 rings (SSSR count). The molecule has 0 fully saturated rings. The molecule has 0 aliphatic rings. The molecule has 0 amide bonds. The highest BCUT2D eigenvalue weighted by Gasteiger charge is 2.09. The first-order chi connectivity index (χ1) is 11.2. The number of rotatable bonds is 2. The van der Waals surface area contributed by atoms with Crippen LogP contribution in [0.15, 0.2) is 51.9 Å². The van der Waals surface area contributed by atoms with Crippen molar-refractivity contribution in [2.24, 2.45) is 4.99 Å². The number of nitrogens with one attached hydrogen (secondary N) is 1. The van der Waals surface area contributed by atoms with Gasteiger partial charge in [-0.05, 0) is 36.6 Å². The zero-order valence-electron chi connectivity index (χ0n) is 12.1. The van der Waals surface area contributed by atoms with Gasteiger partial charge in [-0.25, -0.2) is 9.98 Å². The predicted molar refractivity (Wildman–Crippen MR) is 93.8 cm³/mol. The van der Waals surface area contributed by atoms with Gasteiger partial charge in [-0.3, -0.25) is 5.32 Å². The third-order valence-corrected chi connectivity index (χ3v) is 3.85. The van der Waals surface area contributed by atoms with Crippen LogP contribution in [-0.2, 0) is 0 Å². The fourth-order valence-electron chi connectivity index (χ4n) is 2.02. The molecule has 1 heterocycles. The summed E-state index contributed by atoms with van der Waals surface area (Å²) >= 11 is 7.32. The second kappa shape index (κ2) is 6.73. The van der Waals surface area contributed by atoms with Gasteiger partial charge in [-0.2, -0.15) is 5.26 Å². The summed E-state index contributed by atoms with van der Waals surface area (Å²) in [5, 5.41) is 12.3. The Bertz CT molecular complexity index is 929. The highest BCUT2D eigenvalue weighted by molar-refractivity contribution is 8.13. The molecular formula is C16H11ClN4OS. The Hall–Kier alpha value is -2.49. The number of oxazole rings is 1. The van der Waals surface area contributed by atoms with Gasteiger partial charge < -0.3 is 4.42 Å². The second-order valence-electron chi connectivity index (χ2n) is 4.54. The number of nitrogens with zero attached hydrogens (tertiary/aromatic N) is 3. The molecule has 1 aromatic heterocycles. The van der Waals surface area contributed by atoms with Gasteiger partial charge >= 0.3 is 0 Å². The van der Waals surface area contributed by atoms with Crippen molar-refractivity contribution in [3.8, 4) is 17.6 Å². The van der Waals surface area contributed by atoms with E-state index in [2.05, 4.69) is 15.3 Å². The fraction of sp³-hybridized carbons (Fsp3) is 0.0625. The Labute approximate surface area is 142 Å². The van der Waals surface area contributed by atoms with Crippen LogP contribution >= 0.6 is 23.4 Å². The summed E-state index contributed by atoms with van der Waals surface area (Å²) < 4.78 is 5.75. The van der Waals surface area contributed by atoms with Crippen molar-refractivity contribution in [3.63, 3.8) is 0 Å². The number of aromatic nitrogens is 1. The largest absolute Gasteiger partial charge is 0.436 e. The van der Waals surface area contributed by atoms with Gasteiger partial charge in [0, 0.05) is 16.7 Å². The van der Waals surface area contributed by atoms with E-state index in [0.29, 0.717) is 27.4 Å². The molecule has 0 bridgehead atoms. The minimum atomic E-state index is 0.498. The van der Waals surface area contributed by atoms with E-state index in [1.807, 2.05) is 42.8 Å². The Kier molecular flexibility index (Phi) is 4.51. The Balaban J connectivity index is 1.99. The van der Waals surface area contributed by atoms with E-state index < -0.39 is 0 Å². The van der Waals surface area contributed by atoms with Crippen LogP contribution in [0.5, 0.6) is 0 Å². The molecule has 0 spiro atoms. The summed E-state index contributed by atoms with van der Waals surface area (Å²) in [6, 6.07) is 12.8. The highest BCUT2D eigenvalue weighted by atomic mass is 35.5. The van der Waals surface area contributed by atoms with E-state index >= 15 is 0 Å². The molecule has 114 valence electrons. The molecule has 0 aliphatic carbocycles. The van der Waals surface area contributed by atoms with E-state index in [4.69, 9.17) is 21.3 Å². The lowest BCUT2D eigenvalue weighted by Crippen LogP contribution is -2.12. The molecule has 7 heteroatoms. The number of amidine groups is 1. The van der Waals surface area contributed by atoms with Crippen molar-refractivity contribution in [2.45, 2.75) is 0 Å². The monoisotopic (exact) mass is 342 g/mol. The first kappa shape index (κ1) is 15.4. The maximum Gasteiger partial charge on any atom is 0.227 e. The summed E-state index contributed by atoms with van der Waals surface area (Å²) in [5.41, 5.74) is 2.89. The van der Waals surface area contributed by atoms with Gasteiger partial charge in [0.05, 0.1) is 5.69 Å². The van der Waals surface area contributed by atoms with Gasteiger partial charge in [0.1, 0.15) is 5.52 Å². The van der Waals surface area contributed by atoms with Crippen LogP contribution < -0.4 is 5.32 Å². The average molecular weight is 343 g/mol. The molecule has 23 heavy (non-hydrogen) atoms. The first-order valence-electron chi connectivity index (χ1n) is 6.64. The van der Waals surface area contributed by atoms with Crippen molar-refractivity contribution in [1.82, 2.24) is 10.3 Å². The minimum absolute atomic E-state index is 0.498. The molecule has 0 radical (unpaired) electrons. The quantitative estimate of drug-likeness (QED) is 0.319. The number of benzene rings is 2. The topological polar surface area (TPSA) is 74.2 Å². The van der Waals surface area contributed by atoms with Crippen molar-refractivity contribution < 1.29 is 4.42 Å². The lowest BCUT2D eigenvalue weighted by Gasteiger charge is -2.01. The Morgan fingerprint density at radius 3 is 3.00 bits per heavy atom. The molecule has 1 N–H and O–H groups in total. The van der Waals surface area contributed by atoms with Crippen LogP contribution in [0.3, 0.4) is 0 Å². The third-order valence-electron chi connectivity index (χ3n) is 3.03. The summed E-state index contributed by atoms with van der Waals surface area (Å²) in [5.74, 6) is 0.498. The lowest BCUT2D eigenvalue weighted by molar-refractivity contribution is 0.620. The summed E-state index contributed by atoms with van der Waals surface area (Å²) in [6.07, 6.45) is 3.71. The van der Waals surface area contributed by atoms with Gasteiger partial charge in [0.15, 0.2) is 16.9 Å². The van der Waals surface area contributed by atoms with Crippen molar-refractivity contribution in [3.05, 3.63) is 47.5 Å². The average Bonchev–Trinajstić information content (AvgIpc) is 2.98. The van der Waals surface area contributed by atoms with E-state index in [-0.39, 0.29) is 0 Å². The molecule has 0 aliphatic heterocycles. The van der Waals surface area contributed by atoms with Crippen molar-refractivity contribution >= 4 is 45.3 Å². The van der Waals surface area contributed by atoms with Crippen LogP contribution in [0.2, 0.25) is 5.02 Å². The molecule has 0 unspecified atom stereocenters. The van der Waals surface area contributed by atoms with Crippen LogP contribution in [-0.4, -0.2) is 16.4 Å². The number of aliphatic imine (C=N–C) groups is 1. The molecular weight excluding hydrogens is 332 g/mol. The maximum atomic E-state index is 8.69. The number of hydrogen-bond donors (Lipinski definition) is 1. The zero-order chi connectivity index (χ0) is 16.2. The Morgan fingerprint density at radius 2 is 2.22 bits per heavy atom. The number of nitriles is 1.